The summed E-state index contributed by atoms with van der Waals surface area (Å²) in [5, 5.41) is 26.2. The van der Waals surface area contributed by atoms with Gasteiger partial charge in [0.25, 0.3) is 23.4 Å². The molecule has 0 radical (unpaired) electrons. The van der Waals surface area contributed by atoms with E-state index in [-0.39, 0.29) is 24.0 Å². The maximum absolute atomic E-state index is 13.6. The minimum atomic E-state index is -1.10. The molecule has 3 amide bonds. The van der Waals surface area contributed by atoms with Crippen molar-refractivity contribution in [2.24, 2.45) is 15.4 Å². The predicted octanol–water partition coefficient (Wildman–Crippen LogP) is 3.27. The topological polar surface area (TPSA) is 141 Å². The van der Waals surface area contributed by atoms with Gasteiger partial charge in [-0.25, -0.2) is 9.91 Å². The summed E-state index contributed by atoms with van der Waals surface area (Å²) in [5.41, 5.74) is 2.60. The molecule has 0 unspecified atom stereocenters. The van der Waals surface area contributed by atoms with Crippen LogP contribution in [0.25, 0.3) is 0 Å². The van der Waals surface area contributed by atoms with Crippen molar-refractivity contribution in [3.05, 3.63) is 106 Å². The van der Waals surface area contributed by atoms with Crippen molar-refractivity contribution in [2.75, 3.05) is 11.4 Å². The van der Waals surface area contributed by atoms with Crippen LogP contribution in [0.2, 0.25) is 0 Å². The molecule has 1 fully saturated rings. The monoisotopic (exact) mass is 523 g/mol. The molecule has 0 bridgehead atoms. The average molecular weight is 524 g/mol. The summed E-state index contributed by atoms with van der Waals surface area (Å²) in [4.78, 5) is 51.3. The van der Waals surface area contributed by atoms with Crippen LogP contribution >= 0.6 is 0 Å². The SMILES string of the molecule is O=C1[C@H]2N=NN(CC(=O)N3N=C(c4ccccc4)C[C@@H]3c3ccccc3)[C@@H]2C(=O)N1c1ccc([N+](=O)[O-])cc1. The van der Waals surface area contributed by atoms with Gasteiger partial charge in [0, 0.05) is 18.6 Å². The number of anilines is 1. The standard InChI is InChI=1S/C27H21N7O5/c35-23(33-22(18-9-5-2-6-10-18)15-21(29-33)17-7-3-1-4-8-17)16-31-25-24(28-30-31)26(36)32(27(25)37)19-11-13-20(14-12-19)34(38)39/h1-14,22,24-25H,15-16H2/t22-,24+,25+/m1/s1. The average Bonchev–Trinajstić information content (AvgIpc) is 3.65. The highest BCUT2D eigenvalue weighted by atomic mass is 16.6. The number of non-ortho nitro benzene ring substituents is 1. The summed E-state index contributed by atoms with van der Waals surface area (Å²) >= 11 is 0. The van der Waals surface area contributed by atoms with Crippen LogP contribution in [0, 0.1) is 10.1 Å². The lowest BCUT2D eigenvalue weighted by atomic mass is 9.98. The second-order valence-electron chi connectivity index (χ2n) is 9.26. The number of hydrogen-bond acceptors (Lipinski definition) is 9. The van der Waals surface area contributed by atoms with Gasteiger partial charge in [0.2, 0.25) is 0 Å². The van der Waals surface area contributed by atoms with Crippen LogP contribution in [0.4, 0.5) is 11.4 Å². The smallest absolute Gasteiger partial charge is 0.269 e. The molecule has 194 valence electrons. The quantitative estimate of drug-likeness (QED) is 0.276. The Morgan fingerprint density at radius 2 is 1.59 bits per heavy atom. The van der Waals surface area contributed by atoms with E-state index in [1.807, 2.05) is 60.7 Å². The van der Waals surface area contributed by atoms with Gasteiger partial charge in [0.05, 0.1) is 22.4 Å². The minimum absolute atomic E-state index is 0.168. The zero-order valence-electron chi connectivity index (χ0n) is 20.4. The van der Waals surface area contributed by atoms with E-state index in [2.05, 4.69) is 15.4 Å². The number of carbonyl (C=O) groups excluding carboxylic acids is 3. The number of amides is 3. The lowest BCUT2D eigenvalue weighted by Crippen LogP contribution is -2.44. The number of rotatable bonds is 6. The zero-order valence-corrected chi connectivity index (χ0v) is 20.4. The third-order valence-corrected chi connectivity index (χ3v) is 6.93. The Morgan fingerprint density at radius 3 is 2.26 bits per heavy atom. The molecule has 0 N–H and O–H groups in total. The Bertz CT molecular complexity index is 1530. The summed E-state index contributed by atoms with van der Waals surface area (Å²) in [5.74, 6) is -1.61. The van der Waals surface area contributed by atoms with Crippen LogP contribution in [0.3, 0.4) is 0 Å². The van der Waals surface area contributed by atoms with E-state index in [0.29, 0.717) is 6.42 Å². The molecule has 0 saturated carbocycles. The van der Waals surface area contributed by atoms with Crippen molar-refractivity contribution in [3.63, 3.8) is 0 Å². The predicted molar refractivity (Wildman–Crippen MR) is 138 cm³/mol. The number of imide groups is 1. The van der Waals surface area contributed by atoms with E-state index in [9.17, 15) is 24.5 Å². The molecule has 6 rings (SSSR count). The molecule has 12 nitrogen and oxygen atoms in total. The molecular weight excluding hydrogens is 502 g/mol. The molecule has 0 spiro atoms. The number of hydrogen-bond donors (Lipinski definition) is 0. The molecule has 0 aromatic heterocycles. The highest BCUT2D eigenvalue weighted by Crippen LogP contribution is 2.35. The van der Waals surface area contributed by atoms with E-state index in [1.165, 1.54) is 34.3 Å². The van der Waals surface area contributed by atoms with Crippen LogP contribution < -0.4 is 4.90 Å². The Kier molecular flexibility index (Phi) is 5.91. The molecule has 3 aromatic rings. The molecule has 3 atom stereocenters. The molecule has 3 aliphatic heterocycles. The minimum Gasteiger partial charge on any atom is -0.271 e. The van der Waals surface area contributed by atoms with Crippen LogP contribution in [-0.4, -0.2) is 57.0 Å². The number of nitrogens with zero attached hydrogens (tertiary/aromatic N) is 7. The van der Waals surface area contributed by atoms with Gasteiger partial charge in [-0.1, -0.05) is 65.9 Å². The van der Waals surface area contributed by atoms with E-state index < -0.39 is 34.7 Å². The van der Waals surface area contributed by atoms with Gasteiger partial charge in [-0.05, 0) is 23.3 Å². The number of carbonyl (C=O) groups is 3. The van der Waals surface area contributed by atoms with Gasteiger partial charge >= 0.3 is 0 Å². The van der Waals surface area contributed by atoms with Crippen molar-refractivity contribution in [1.82, 2.24) is 10.0 Å². The van der Waals surface area contributed by atoms with Gasteiger partial charge in [0.15, 0.2) is 12.1 Å². The van der Waals surface area contributed by atoms with Crippen LogP contribution in [0.15, 0.2) is 100 Å². The van der Waals surface area contributed by atoms with Crippen LogP contribution in [-0.2, 0) is 14.4 Å². The number of hydrazone groups is 1. The lowest BCUT2D eigenvalue weighted by molar-refractivity contribution is -0.384. The lowest BCUT2D eigenvalue weighted by Gasteiger charge is -2.25. The fourth-order valence-corrected chi connectivity index (χ4v) is 5.02. The molecule has 39 heavy (non-hydrogen) atoms. The van der Waals surface area contributed by atoms with Crippen LogP contribution in [0.1, 0.15) is 23.6 Å². The van der Waals surface area contributed by atoms with Crippen LogP contribution in [0.5, 0.6) is 0 Å². The van der Waals surface area contributed by atoms with Gasteiger partial charge < -0.3 is 0 Å². The number of fused-ring (bicyclic) bond motifs is 1. The summed E-state index contributed by atoms with van der Waals surface area (Å²) in [7, 11) is 0. The third-order valence-electron chi connectivity index (χ3n) is 6.93. The van der Waals surface area contributed by atoms with Gasteiger partial charge in [-0.3, -0.25) is 29.5 Å². The zero-order chi connectivity index (χ0) is 27.1. The fraction of sp³-hybridized carbons (Fsp3) is 0.185. The first-order valence-corrected chi connectivity index (χ1v) is 12.2. The van der Waals surface area contributed by atoms with E-state index in [1.54, 1.807) is 0 Å². The molecule has 0 aliphatic carbocycles. The maximum Gasteiger partial charge on any atom is 0.269 e. The first-order valence-electron chi connectivity index (χ1n) is 12.2. The molecular formula is C27H21N7O5. The van der Waals surface area contributed by atoms with Crippen molar-refractivity contribution in [3.8, 4) is 0 Å². The fourth-order valence-electron chi connectivity index (χ4n) is 5.02. The first-order chi connectivity index (χ1) is 18.9. The summed E-state index contributed by atoms with van der Waals surface area (Å²) in [6.45, 7) is -0.313. The normalized spacial score (nSPS) is 21.9. The second kappa shape index (κ2) is 9.56. The van der Waals surface area contributed by atoms with Gasteiger partial charge in [-0.2, -0.15) is 10.2 Å². The second-order valence-corrected chi connectivity index (χ2v) is 9.26. The van der Waals surface area contributed by atoms with E-state index in [4.69, 9.17) is 0 Å². The molecule has 1 saturated heterocycles. The van der Waals surface area contributed by atoms with E-state index >= 15 is 0 Å². The molecule has 3 heterocycles. The largest absolute Gasteiger partial charge is 0.271 e. The summed E-state index contributed by atoms with van der Waals surface area (Å²) in [6.07, 6.45) is 0.513. The highest BCUT2D eigenvalue weighted by molar-refractivity contribution is 6.25. The number of nitro benzene ring substituents is 1. The number of benzene rings is 3. The van der Waals surface area contributed by atoms with Crippen molar-refractivity contribution < 1.29 is 19.3 Å². The summed E-state index contributed by atoms with van der Waals surface area (Å²) < 4.78 is 0. The molecule has 12 heteroatoms. The van der Waals surface area contributed by atoms with Gasteiger partial charge in [-0.15, -0.1) is 0 Å². The Morgan fingerprint density at radius 1 is 0.923 bits per heavy atom. The third kappa shape index (κ3) is 4.21. The number of nitro groups is 1. The Labute approximate surface area is 222 Å². The Hall–Kier alpha value is -5.26. The van der Waals surface area contributed by atoms with Gasteiger partial charge in [0.1, 0.15) is 6.54 Å². The van der Waals surface area contributed by atoms with Crippen molar-refractivity contribution >= 4 is 34.8 Å². The van der Waals surface area contributed by atoms with E-state index in [0.717, 1.165) is 21.7 Å². The van der Waals surface area contributed by atoms with Crippen molar-refractivity contribution in [2.45, 2.75) is 24.5 Å². The van der Waals surface area contributed by atoms with Crippen molar-refractivity contribution in [1.29, 1.82) is 0 Å². The first kappa shape index (κ1) is 24.1. The molecule has 3 aromatic carbocycles. The highest BCUT2D eigenvalue weighted by Gasteiger charge is 2.55. The molecule has 3 aliphatic rings. The summed E-state index contributed by atoms with van der Waals surface area (Å²) in [6, 6.07) is 21.7. The Balaban J connectivity index is 1.24. The maximum atomic E-state index is 13.6.